The first kappa shape index (κ1) is 14.6. The molecule has 0 saturated heterocycles. The van der Waals surface area contributed by atoms with Crippen molar-refractivity contribution in [3.05, 3.63) is 35.4 Å². The number of hydrogen-bond acceptors (Lipinski definition) is 5. The van der Waals surface area contributed by atoms with Crippen molar-refractivity contribution < 1.29 is 14.6 Å². The van der Waals surface area contributed by atoms with Gasteiger partial charge in [0.25, 0.3) is 0 Å². The average molecular weight is 312 g/mol. The topological polar surface area (TPSA) is 65.7 Å². The van der Waals surface area contributed by atoms with Gasteiger partial charge in [0.15, 0.2) is 11.5 Å². The van der Waals surface area contributed by atoms with Crippen LogP contribution in [0.2, 0.25) is 0 Å². The van der Waals surface area contributed by atoms with E-state index in [4.69, 9.17) is 9.47 Å². The molecule has 0 radical (unpaired) electrons. The van der Waals surface area contributed by atoms with Crippen LogP contribution < -0.4 is 9.47 Å². The third kappa shape index (κ3) is 1.85. The van der Waals surface area contributed by atoms with Gasteiger partial charge >= 0.3 is 0 Å². The second-order valence-electron chi connectivity index (χ2n) is 6.63. The predicted molar refractivity (Wildman–Crippen MR) is 84.5 cm³/mol. The van der Waals surface area contributed by atoms with Gasteiger partial charge < -0.3 is 14.6 Å². The number of nitrogens with zero attached hydrogens (tertiary/aromatic N) is 2. The van der Waals surface area contributed by atoms with Crippen molar-refractivity contribution in [3.8, 4) is 17.6 Å². The van der Waals surface area contributed by atoms with Crippen molar-refractivity contribution in [1.82, 2.24) is 4.90 Å². The molecule has 0 unspecified atom stereocenters. The van der Waals surface area contributed by atoms with Gasteiger partial charge in [-0.05, 0) is 25.1 Å². The Labute approximate surface area is 135 Å². The van der Waals surface area contributed by atoms with Gasteiger partial charge in [0.05, 0.1) is 24.7 Å². The lowest BCUT2D eigenvalue weighted by Gasteiger charge is -2.35. The largest absolute Gasteiger partial charge is 0.493 e. The number of nitriles is 1. The van der Waals surface area contributed by atoms with Gasteiger partial charge in [-0.15, -0.1) is 0 Å². The summed E-state index contributed by atoms with van der Waals surface area (Å²) in [4.78, 5) is 2.09. The zero-order chi connectivity index (χ0) is 16.2. The van der Waals surface area contributed by atoms with Gasteiger partial charge in [-0.2, -0.15) is 5.26 Å². The van der Waals surface area contributed by atoms with Crippen molar-refractivity contribution >= 4 is 0 Å². The summed E-state index contributed by atoms with van der Waals surface area (Å²) in [5, 5.41) is 19.7. The van der Waals surface area contributed by atoms with E-state index in [9.17, 15) is 10.4 Å². The summed E-state index contributed by atoms with van der Waals surface area (Å²) in [5.74, 6) is 1.44. The Morgan fingerprint density at radius 3 is 3.04 bits per heavy atom. The molecule has 4 rings (SSSR count). The minimum absolute atomic E-state index is 0.113. The molecule has 2 heterocycles. The van der Waals surface area contributed by atoms with Gasteiger partial charge in [-0.25, -0.2) is 0 Å². The average Bonchev–Trinajstić information content (AvgIpc) is 2.82. The molecule has 2 aliphatic heterocycles. The van der Waals surface area contributed by atoms with E-state index in [1.54, 1.807) is 7.11 Å². The summed E-state index contributed by atoms with van der Waals surface area (Å²) in [6.07, 6.45) is 4.79. The van der Waals surface area contributed by atoms with E-state index in [1.807, 2.05) is 25.3 Å². The molecule has 1 spiro atoms. The molecular formula is C18H20N2O3. The van der Waals surface area contributed by atoms with Crippen molar-refractivity contribution in [2.24, 2.45) is 0 Å². The first-order valence-electron chi connectivity index (χ1n) is 7.96. The lowest BCUT2D eigenvalue weighted by molar-refractivity contribution is 0.0817. The monoisotopic (exact) mass is 312 g/mol. The second kappa shape index (κ2) is 4.98. The molecule has 4 atom stereocenters. The number of hydrogen-bond donors (Lipinski definition) is 1. The maximum absolute atomic E-state index is 10.0. The van der Waals surface area contributed by atoms with E-state index in [0.717, 1.165) is 29.8 Å². The van der Waals surface area contributed by atoms with E-state index in [1.165, 1.54) is 0 Å². The zero-order valence-electron chi connectivity index (χ0n) is 13.3. The normalized spacial score (nSPS) is 34.8. The molecule has 3 aliphatic rings. The highest BCUT2D eigenvalue weighted by atomic mass is 16.5. The van der Waals surface area contributed by atoms with Crippen LogP contribution >= 0.6 is 0 Å². The molecule has 0 bridgehead atoms. The van der Waals surface area contributed by atoms with E-state index >= 15 is 0 Å². The standard InChI is InChI=1S/C18H20N2O3/c1-20-8-7-18-6-5-11(21)9-15(18)23-17-14(22-2)4-3-12(16(17)18)13(20)10-19/h3-6,11,13,15,21H,7-9H2,1-2H3/t11-,13-,15-,18-/m0/s1. The van der Waals surface area contributed by atoms with Crippen molar-refractivity contribution in [2.45, 2.75) is 36.5 Å². The molecule has 5 heteroatoms. The smallest absolute Gasteiger partial charge is 0.166 e. The van der Waals surface area contributed by atoms with Crippen molar-refractivity contribution in [1.29, 1.82) is 5.26 Å². The highest BCUT2D eigenvalue weighted by molar-refractivity contribution is 5.62. The highest BCUT2D eigenvalue weighted by Gasteiger charge is 2.53. The SMILES string of the molecule is COc1ccc2c3c1O[C@H]1C[C@@H](O)C=C[C@@]31CCN(C)[C@H]2C#N. The van der Waals surface area contributed by atoms with Crippen LogP contribution in [0.3, 0.4) is 0 Å². The fourth-order valence-corrected chi connectivity index (χ4v) is 4.27. The second-order valence-corrected chi connectivity index (χ2v) is 6.63. The predicted octanol–water partition coefficient (Wildman–Crippen LogP) is 1.91. The van der Waals surface area contributed by atoms with Gasteiger partial charge in [0.2, 0.25) is 0 Å². The molecule has 0 fully saturated rings. The van der Waals surface area contributed by atoms with Crippen LogP contribution in [0.5, 0.6) is 11.5 Å². The van der Waals surface area contributed by atoms with Crippen molar-refractivity contribution in [3.63, 3.8) is 0 Å². The fourth-order valence-electron chi connectivity index (χ4n) is 4.27. The first-order valence-corrected chi connectivity index (χ1v) is 7.96. The Morgan fingerprint density at radius 1 is 1.48 bits per heavy atom. The molecule has 120 valence electrons. The van der Waals surface area contributed by atoms with Crippen LogP contribution in [-0.4, -0.2) is 42.9 Å². The lowest BCUT2D eigenvalue weighted by atomic mass is 9.69. The first-order chi connectivity index (χ1) is 11.1. The molecule has 1 aliphatic carbocycles. The van der Waals surface area contributed by atoms with Crippen LogP contribution in [0.25, 0.3) is 0 Å². The van der Waals surface area contributed by atoms with Crippen LogP contribution in [0.4, 0.5) is 0 Å². The molecule has 23 heavy (non-hydrogen) atoms. The third-order valence-electron chi connectivity index (χ3n) is 5.48. The Balaban J connectivity index is 2.00. The highest BCUT2D eigenvalue weighted by Crippen LogP contribution is 2.57. The molecule has 0 aromatic heterocycles. The Kier molecular flexibility index (Phi) is 3.15. The number of ether oxygens (including phenoxy) is 2. The molecule has 1 aromatic rings. The minimum atomic E-state index is -0.484. The Morgan fingerprint density at radius 2 is 2.30 bits per heavy atom. The summed E-state index contributed by atoms with van der Waals surface area (Å²) < 4.78 is 11.7. The summed E-state index contributed by atoms with van der Waals surface area (Å²) in [6, 6.07) is 5.99. The molecular weight excluding hydrogens is 292 g/mol. The van der Waals surface area contributed by atoms with Crippen molar-refractivity contribution in [2.75, 3.05) is 20.7 Å². The van der Waals surface area contributed by atoms with E-state index in [0.29, 0.717) is 12.2 Å². The summed E-state index contributed by atoms with van der Waals surface area (Å²) in [5.41, 5.74) is 1.78. The van der Waals surface area contributed by atoms with Crippen LogP contribution in [-0.2, 0) is 5.41 Å². The third-order valence-corrected chi connectivity index (χ3v) is 5.48. The van der Waals surface area contributed by atoms with Gasteiger partial charge in [0.1, 0.15) is 12.1 Å². The molecule has 0 saturated carbocycles. The lowest BCUT2D eigenvalue weighted by Crippen LogP contribution is -2.42. The van der Waals surface area contributed by atoms with Crippen LogP contribution in [0.15, 0.2) is 24.3 Å². The van der Waals surface area contributed by atoms with E-state index in [-0.39, 0.29) is 17.6 Å². The molecule has 1 N–H and O–H groups in total. The van der Waals surface area contributed by atoms with Crippen LogP contribution in [0, 0.1) is 11.3 Å². The van der Waals surface area contributed by atoms with Gasteiger partial charge in [0, 0.05) is 18.5 Å². The Bertz CT molecular complexity index is 724. The Hall–Kier alpha value is -2.03. The minimum Gasteiger partial charge on any atom is -0.493 e. The van der Waals surface area contributed by atoms with Crippen LogP contribution in [0.1, 0.15) is 30.0 Å². The quantitative estimate of drug-likeness (QED) is 0.803. The summed E-state index contributed by atoms with van der Waals surface area (Å²) >= 11 is 0. The fraction of sp³-hybridized carbons (Fsp3) is 0.500. The number of benzene rings is 1. The molecule has 1 aromatic carbocycles. The molecule has 0 amide bonds. The van der Waals surface area contributed by atoms with E-state index < -0.39 is 6.10 Å². The summed E-state index contributed by atoms with van der Waals surface area (Å²) in [6.45, 7) is 0.801. The maximum atomic E-state index is 10.0. The number of rotatable bonds is 1. The van der Waals surface area contributed by atoms with Gasteiger partial charge in [-0.1, -0.05) is 18.2 Å². The summed E-state index contributed by atoms with van der Waals surface area (Å²) in [7, 11) is 3.62. The number of aliphatic hydroxyl groups is 1. The van der Waals surface area contributed by atoms with Gasteiger partial charge in [-0.3, -0.25) is 4.90 Å². The number of methoxy groups -OCH3 is 1. The maximum Gasteiger partial charge on any atom is 0.166 e. The zero-order valence-corrected chi connectivity index (χ0v) is 13.3. The van der Waals surface area contributed by atoms with E-state index in [2.05, 4.69) is 17.0 Å². The number of aliphatic hydroxyl groups excluding tert-OH is 1. The molecule has 5 nitrogen and oxygen atoms in total.